The molecule has 0 aromatic heterocycles. The number of aliphatic hydroxyl groups excluding tert-OH is 1. The van der Waals surface area contributed by atoms with E-state index < -0.39 is 5.54 Å². The van der Waals surface area contributed by atoms with Gasteiger partial charge < -0.3 is 14.6 Å². The highest BCUT2D eigenvalue weighted by Crippen LogP contribution is 2.27. The van der Waals surface area contributed by atoms with Crippen LogP contribution in [-0.2, 0) is 16.1 Å². The lowest BCUT2D eigenvalue weighted by molar-refractivity contribution is -0.127. The highest BCUT2D eigenvalue weighted by Gasteiger charge is 2.43. The number of hydrogen-bond donors (Lipinski definition) is 3. The third-order valence-corrected chi connectivity index (χ3v) is 4.78. The first-order valence-electron chi connectivity index (χ1n) is 10.0. The van der Waals surface area contributed by atoms with Crippen molar-refractivity contribution in [3.05, 3.63) is 78.1 Å². The molecule has 8 heteroatoms. The molecule has 1 amide bonds. The summed E-state index contributed by atoms with van der Waals surface area (Å²) in [6.07, 6.45) is 2.46. The smallest absolute Gasteiger partial charge is 0.266 e. The van der Waals surface area contributed by atoms with Crippen molar-refractivity contribution in [1.29, 1.82) is 0 Å². The van der Waals surface area contributed by atoms with Crippen LogP contribution >= 0.6 is 0 Å². The van der Waals surface area contributed by atoms with Crippen LogP contribution in [0.3, 0.4) is 0 Å². The summed E-state index contributed by atoms with van der Waals surface area (Å²) < 4.78 is 25.0. The number of aliphatic imine (C=N–C) groups is 1. The predicted octanol–water partition coefficient (Wildman–Crippen LogP) is 2.50. The van der Waals surface area contributed by atoms with Gasteiger partial charge in [0.05, 0.1) is 6.61 Å². The van der Waals surface area contributed by atoms with Crippen molar-refractivity contribution >= 4 is 11.8 Å². The van der Waals surface area contributed by atoms with Crippen LogP contribution in [0.1, 0.15) is 24.0 Å². The molecule has 2 aromatic rings. The third kappa shape index (κ3) is 5.68. The summed E-state index contributed by atoms with van der Waals surface area (Å²) in [5, 5.41) is 8.82. The van der Waals surface area contributed by atoms with E-state index in [1.807, 2.05) is 0 Å². The molecule has 31 heavy (non-hydrogen) atoms. The summed E-state index contributed by atoms with van der Waals surface area (Å²) in [6.45, 7) is 4.43. The Bertz CT molecular complexity index is 933. The van der Waals surface area contributed by atoms with Crippen LogP contribution in [-0.4, -0.2) is 42.3 Å². The van der Waals surface area contributed by atoms with E-state index in [2.05, 4.69) is 22.4 Å². The molecule has 164 valence electrons. The lowest BCUT2D eigenvalue weighted by Gasteiger charge is -2.21. The number of carbonyl (C=O) groups excluding carboxylic acids is 1. The van der Waals surface area contributed by atoms with E-state index in [1.54, 1.807) is 48.5 Å². The molecule has 0 fully saturated rings. The second-order valence-electron chi connectivity index (χ2n) is 7.08. The molecule has 1 atom stereocenters. The van der Waals surface area contributed by atoms with Crippen molar-refractivity contribution in [1.82, 2.24) is 10.9 Å². The third-order valence-electron chi connectivity index (χ3n) is 4.78. The van der Waals surface area contributed by atoms with Crippen molar-refractivity contribution in [3.8, 4) is 5.75 Å². The summed E-state index contributed by atoms with van der Waals surface area (Å²) in [5.74, 6) is 0.289. The fourth-order valence-corrected chi connectivity index (χ4v) is 3.07. The first kappa shape index (κ1) is 22.5. The van der Waals surface area contributed by atoms with Gasteiger partial charge in [0.15, 0.2) is 5.54 Å². The Kier molecular flexibility index (Phi) is 7.75. The number of nitrogens with one attached hydrogen (secondary N) is 2. The zero-order valence-electron chi connectivity index (χ0n) is 17.1. The summed E-state index contributed by atoms with van der Waals surface area (Å²) in [4.78, 5) is 17.4. The minimum atomic E-state index is -1.16. The maximum atomic E-state index is 13.7. The van der Waals surface area contributed by atoms with Crippen molar-refractivity contribution in [3.63, 3.8) is 0 Å². The summed E-state index contributed by atoms with van der Waals surface area (Å²) in [7, 11) is 0. The second kappa shape index (κ2) is 10.7. The number of nitrogens with zero attached hydrogens (tertiary/aromatic N) is 1. The van der Waals surface area contributed by atoms with Crippen LogP contribution < -0.4 is 15.6 Å². The van der Waals surface area contributed by atoms with Crippen LogP contribution in [0.4, 0.5) is 4.39 Å². The Morgan fingerprint density at radius 2 is 2.06 bits per heavy atom. The highest BCUT2D eigenvalue weighted by atomic mass is 19.1. The van der Waals surface area contributed by atoms with Gasteiger partial charge in [0.2, 0.25) is 5.90 Å². The lowest BCUT2D eigenvalue weighted by Crippen LogP contribution is -2.51. The number of halogens is 1. The molecule has 2 aromatic carbocycles. The molecule has 1 aliphatic rings. The van der Waals surface area contributed by atoms with Gasteiger partial charge in [0.25, 0.3) is 5.91 Å². The van der Waals surface area contributed by atoms with E-state index in [0.29, 0.717) is 35.8 Å². The summed E-state index contributed by atoms with van der Waals surface area (Å²) >= 11 is 0. The van der Waals surface area contributed by atoms with E-state index in [1.165, 1.54) is 6.07 Å². The van der Waals surface area contributed by atoms with Crippen LogP contribution in [0.2, 0.25) is 0 Å². The van der Waals surface area contributed by atoms with Crippen LogP contribution in [0, 0.1) is 5.82 Å². The van der Waals surface area contributed by atoms with Gasteiger partial charge in [-0.15, -0.1) is 6.58 Å². The number of carbonyl (C=O) groups is 1. The molecule has 0 saturated carbocycles. The fraction of sp³-hybridized carbons (Fsp3) is 0.304. The van der Waals surface area contributed by atoms with Crippen molar-refractivity contribution < 1.29 is 23.8 Å². The number of hydrazine groups is 1. The standard InChI is InChI=1S/C23H26FN3O4/c1-2-12-23(22(29)27-25-15-18-6-3-4-7-20(18)24)16-31-21(26-23)17-8-10-19(11-9-17)30-14-5-13-28/h2-4,6-11,25,28H,1,5,12-16H2,(H,27,29)/t23-/m0/s1. The van der Waals surface area contributed by atoms with Gasteiger partial charge in [-0.25, -0.2) is 14.8 Å². The highest BCUT2D eigenvalue weighted by molar-refractivity contribution is 6.00. The lowest BCUT2D eigenvalue weighted by atomic mass is 9.97. The number of rotatable bonds is 11. The molecule has 3 rings (SSSR count). The molecular formula is C23H26FN3O4. The maximum Gasteiger partial charge on any atom is 0.266 e. The second-order valence-corrected chi connectivity index (χ2v) is 7.08. The molecule has 0 spiro atoms. The molecule has 0 saturated heterocycles. The molecule has 0 radical (unpaired) electrons. The van der Waals surface area contributed by atoms with Crippen molar-refractivity contribution in [2.45, 2.75) is 24.9 Å². The number of benzene rings is 2. The Balaban J connectivity index is 1.65. The minimum Gasteiger partial charge on any atom is -0.494 e. The van der Waals surface area contributed by atoms with Crippen LogP contribution in [0.25, 0.3) is 0 Å². The van der Waals surface area contributed by atoms with E-state index in [-0.39, 0.29) is 37.9 Å². The molecule has 0 unspecified atom stereocenters. The van der Waals surface area contributed by atoms with E-state index in [0.717, 1.165) is 0 Å². The van der Waals surface area contributed by atoms with E-state index >= 15 is 0 Å². The van der Waals surface area contributed by atoms with Gasteiger partial charge in [-0.05, 0) is 30.3 Å². The van der Waals surface area contributed by atoms with Gasteiger partial charge in [-0.1, -0.05) is 24.3 Å². The van der Waals surface area contributed by atoms with Gasteiger partial charge in [-0.2, -0.15) is 0 Å². The average Bonchev–Trinajstić information content (AvgIpc) is 3.21. The first-order chi connectivity index (χ1) is 15.1. The van der Waals surface area contributed by atoms with Gasteiger partial charge >= 0.3 is 0 Å². The Hall–Kier alpha value is -3.23. The van der Waals surface area contributed by atoms with Crippen molar-refractivity contribution in [2.24, 2.45) is 4.99 Å². The quantitative estimate of drug-likeness (QED) is 0.291. The van der Waals surface area contributed by atoms with Gasteiger partial charge in [-0.3, -0.25) is 10.2 Å². The molecule has 0 aliphatic carbocycles. The average molecular weight is 427 g/mol. The van der Waals surface area contributed by atoms with Gasteiger partial charge in [0, 0.05) is 37.1 Å². The number of ether oxygens (including phenoxy) is 2. The van der Waals surface area contributed by atoms with Gasteiger partial charge in [0.1, 0.15) is 18.2 Å². The molecule has 0 bridgehead atoms. The first-order valence-corrected chi connectivity index (χ1v) is 10.0. The SMILES string of the molecule is C=CC[C@@]1(C(=O)NNCc2ccccc2F)COC(c2ccc(OCCCO)cc2)=N1. The summed E-state index contributed by atoms with van der Waals surface area (Å²) in [5.41, 5.74) is 5.36. The van der Waals surface area contributed by atoms with Crippen molar-refractivity contribution in [2.75, 3.05) is 19.8 Å². The zero-order chi connectivity index (χ0) is 22.1. The Labute approximate surface area is 180 Å². The monoisotopic (exact) mass is 427 g/mol. The number of amides is 1. The maximum absolute atomic E-state index is 13.7. The molecular weight excluding hydrogens is 401 g/mol. The Morgan fingerprint density at radius 1 is 1.29 bits per heavy atom. The van der Waals surface area contributed by atoms with Crippen LogP contribution in [0.5, 0.6) is 5.75 Å². The van der Waals surface area contributed by atoms with Crippen LogP contribution in [0.15, 0.2) is 66.2 Å². The number of hydrogen-bond acceptors (Lipinski definition) is 6. The zero-order valence-corrected chi connectivity index (χ0v) is 17.1. The molecule has 7 nitrogen and oxygen atoms in total. The Morgan fingerprint density at radius 3 is 2.77 bits per heavy atom. The normalized spacial score (nSPS) is 17.5. The topological polar surface area (TPSA) is 92.2 Å². The van der Waals surface area contributed by atoms with E-state index in [4.69, 9.17) is 14.6 Å². The summed E-state index contributed by atoms with van der Waals surface area (Å²) in [6, 6.07) is 13.5. The number of aliphatic hydroxyl groups is 1. The predicted molar refractivity (Wildman–Crippen MR) is 115 cm³/mol. The molecule has 3 N–H and O–H groups in total. The van der Waals surface area contributed by atoms with E-state index in [9.17, 15) is 9.18 Å². The molecule has 1 aliphatic heterocycles. The molecule has 1 heterocycles. The fourth-order valence-electron chi connectivity index (χ4n) is 3.07. The largest absolute Gasteiger partial charge is 0.494 e. The minimum absolute atomic E-state index is 0.0658.